The molecule has 0 aliphatic rings. The average Bonchev–Trinajstić information content (AvgIpc) is 2.90. The molecule has 0 aliphatic carbocycles. The monoisotopic (exact) mass is 353 g/mol. The molecule has 0 unspecified atom stereocenters. The predicted octanol–water partition coefficient (Wildman–Crippen LogP) is 2.75. The number of aromatic nitrogens is 2. The number of aryl methyl sites for hydroxylation is 1. The van der Waals surface area contributed by atoms with Crippen molar-refractivity contribution in [2.75, 3.05) is 5.32 Å². The van der Waals surface area contributed by atoms with Gasteiger partial charge in [-0.1, -0.05) is 29.0 Å². The number of anilines is 1. The molecule has 0 bridgehead atoms. The number of pyridine rings is 1. The summed E-state index contributed by atoms with van der Waals surface area (Å²) >= 11 is 6.71. The van der Waals surface area contributed by atoms with Crippen LogP contribution in [0.1, 0.15) is 10.4 Å². The fraction of sp³-hybridized carbons (Fsp3) is 0.0714. The van der Waals surface area contributed by atoms with Crippen molar-refractivity contribution in [1.29, 1.82) is 0 Å². The number of fused-ring (bicyclic) bond motifs is 1. The van der Waals surface area contributed by atoms with Crippen LogP contribution in [0.5, 0.6) is 5.75 Å². The summed E-state index contributed by atoms with van der Waals surface area (Å²) in [4.78, 5) is 28.5. The van der Waals surface area contributed by atoms with Crippen molar-refractivity contribution < 1.29 is 14.3 Å². The van der Waals surface area contributed by atoms with Crippen LogP contribution < -0.4 is 10.9 Å². The zero-order chi connectivity index (χ0) is 16.7. The fourth-order valence-corrected chi connectivity index (χ4v) is 3.01. The van der Waals surface area contributed by atoms with E-state index in [1.165, 1.54) is 25.4 Å². The first-order valence-corrected chi connectivity index (χ1v) is 7.52. The van der Waals surface area contributed by atoms with Gasteiger partial charge in [0.2, 0.25) is 0 Å². The predicted molar refractivity (Wildman–Crippen MR) is 85.9 cm³/mol. The molecule has 1 aromatic carbocycles. The first-order valence-electron chi connectivity index (χ1n) is 6.33. The first kappa shape index (κ1) is 15.4. The standard InChI is InChI=1S/C14H9ClFN3O3S/c1-19-7-4-2-3-6(16)9(7)11(20)10(13(19)22)12(21)18-14-17-5-8(15)23-14/h2-5,20H,1H3,(H,17,18,21). The van der Waals surface area contributed by atoms with Gasteiger partial charge < -0.3 is 9.67 Å². The van der Waals surface area contributed by atoms with Gasteiger partial charge in [0.25, 0.3) is 11.5 Å². The van der Waals surface area contributed by atoms with Crippen molar-refractivity contribution in [2.45, 2.75) is 0 Å². The van der Waals surface area contributed by atoms with E-state index in [0.29, 0.717) is 4.34 Å². The minimum Gasteiger partial charge on any atom is -0.506 e. The Labute approximate surface area is 137 Å². The molecule has 3 aromatic rings. The summed E-state index contributed by atoms with van der Waals surface area (Å²) < 4.78 is 15.4. The second-order valence-corrected chi connectivity index (χ2v) is 6.31. The third kappa shape index (κ3) is 2.55. The Hall–Kier alpha value is -2.45. The molecule has 0 saturated heterocycles. The van der Waals surface area contributed by atoms with Crippen molar-refractivity contribution in [3.05, 3.63) is 50.5 Å². The van der Waals surface area contributed by atoms with Crippen LogP contribution in [0, 0.1) is 5.82 Å². The highest BCUT2D eigenvalue weighted by atomic mass is 35.5. The summed E-state index contributed by atoms with van der Waals surface area (Å²) in [6.45, 7) is 0. The molecule has 1 amide bonds. The highest BCUT2D eigenvalue weighted by Crippen LogP contribution is 2.29. The lowest BCUT2D eigenvalue weighted by Crippen LogP contribution is -2.28. The average molecular weight is 354 g/mol. The van der Waals surface area contributed by atoms with Crippen molar-refractivity contribution in [2.24, 2.45) is 7.05 Å². The van der Waals surface area contributed by atoms with Gasteiger partial charge in [-0.05, 0) is 12.1 Å². The van der Waals surface area contributed by atoms with Crippen LogP contribution in [-0.4, -0.2) is 20.6 Å². The maximum Gasteiger partial charge on any atom is 0.267 e. The van der Waals surface area contributed by atoms with Crippen LogP contribution >= 0.6 is 22.9 Å². The Morgan fingerprint density at radius 3 is 2.87 bits per heavy atom. The number of amides is 1. The topological polar surface area (TPSA) is 84.2 Å². The van der Waals surface area contributed by atoms with Crippen LogP contribution in [0.25, 0.3) is 10.9 Å². The first-order chi connectivity index (χ1) is 10.9. The molecule has 2 N–H and O–H groups in total. The highest BCUT2D eigenvalue weighted by molar-refractivity contribution is 7.19. The van der Waals surface area contributed by atoms with Gasteiger partial charge in [0.1, 0.15) is 21.5 Å². The highest BCUT2D eigenvalue weighted by Gasteiger charge is 2.23. The van der Waals surface area contributed by atoms with E-state index in [1.54, 1.807) is 0 Å². The van der Waals surface area contributed by atoms with E-state index in [9.17, 15) is 19.1 Å². The smallest absolute Gasteiger partial charge is 0.267 e. The SMILES string of the molecule is Cn1c(=O)c(C(=O)Nc2ncc(Cl)s2)c(O)c2c(F)cccc21. The Bertz CT molecular complexity index is 999. The quantitative estimate of drug-likeness (QED) is 0.742. The molecule has 0 atom stereocenters. The Morgan fingerprint density at radius 2 is 2.22 bits per heavy atom. The van der Waals surface area contributed by atoms with Crippen molar-refractivity contribution in [3.63, 3.8) is 0 Å². The van der Waals surface area contributed by atoms with E-state index in [0.717, 1.165) is 22.0 Å². The molecule has 118 valence electrons. The minimum absolute atomic E-state index is 0.162. The van der Waals surface area contributed by atoms with Crippen LogP contribution in [0.4, 0.5) is 9.52 Å². The Kier molecular flexibility index (Phi) is 3.78. The number of nitrogens with zero attached hydrogens (tertiary/aromatic N) is 2. The molecule has 6 nitrogen and oxygen atoms in total. The van der Waals surface area contributed by atoms with E-state index in [-0.39, 0.29) is 16.0 Å². The van der Waals surface area contributed by atoms with Crippen LogP contribution in [-0.2, 0) is 7.05 Å². The summed E-state index contributed by atoms with van der Waals surface area (Å²) in [5, 5.41) is 12.6. The van der Waals surface area contributed by atoms with Gasteiger partial charge in [0, 0.05) is 7.05 Å². The zero-order valence-electron chi connectivity index (χ0n) is 11.6. The van der Waals surface area contributed by atoms with Crippen LogP contribution in [0.2, 0.25) is 4.34 Å². The number of aromatic hydroxyl groups is 1. The summed E-state index contributed by atoms with van der Waals surface area (Å²) in [5.41, 5.74) is -1.13. The molecule has 3 rings (SSSR count). The van der Waals surface area contributed by atoms with E-state index in [2.05, 4.69) is 10.3 Å². The zero-order valence-corrected chi connectivity index (χ0v) is 13.2. The van der Waals surface area contributed by atoms with Gasteiger partial charge in [-0.2, -0.15) is 0 Å². The van der Waals surface area contributed by atoms with Gasteiger partial charge in [0.15, 0.2) is 5.13 Å². The van der Waals surface area contributed by atoms with Crippen LogP contribution in [0.3, 0.4) is 0 Å². The van der Waals surface area contributed by atoms with Crippen molar-refractivity contribution in [1.82, 2.24) is 9.55 Å². The number of hydrogen-bond acceptors (Lipinski definition) is 5. The molecule has 0 radical (unpaired) electrons. The number of benzene rings is 1. The minimum atomic E-state index is -0.890. The molecule has 9 heteroatoms. The van der Waals surface area contributed by atoms with E-state index >= 15 is 0 Å². The number of nitrogens with one attached hydrogen (secondary N) is 1. The molecule has 2 heterocycles. The van der Waals surface area contributed by atoms with Crippen molar-refractivity contribution in [3.8, 4) is 5.75 Å². The van der Waals surface area contributed by atoms with Crippen LogP contribution in [0.15, 0.2) is 29.2 Å². The Morgan fingerprint density at radius 1 is 1.48 bits per heavy atom. The number of rotatable bonds is 2. The summed E-state index contributed by atoms with van der Waals surface area (Å²) in [6, 6.07) is 4.02. The maximum absolute atomic E-state index is 14.0. The third-order valence-corrected chi connectivity index (χ3v) is 4.30. The van der Waals surface area contributed by atoms with Gasteiger partial charge in [0.05, 0.1) is 17.1 Å². The number of carbonyl (C=O) groups excluding carboxylic acids is 1. The second-order valence-electron chi connectivity index (χ2n) is 4.65. The molecule has 0 aliphatic heterocycles. The number of halogens is 2. The molecular weight excluding hydrogens is 345 g/mol. The third-order valence-electron chi connectivity index (χ3n) is 3.27. The summed E-state index contributed by atoms with van der Waals surface area (Å²) in [5.74, 6) is -2.33. The molecule has 0 saturated carbocycles. The lowest BCUT2D eigenvalue weighted by atomic mass is 10.1. The lowest BCUT2D eigenvalue weighted by Gasteiger charge is -2.11. The lowest BCUT2D eigenvalue weighted by molar-refractivity contribution is 0.102. The molecule has 2 aromatic heterocycles. The number of hydrogen-bond donors (Lipinski definition) is 2. The molecule has 0 fully saturated rings. The molecule has 0 spiro atoms. The normalized spacial score (nSPS) is 10.9. The fourth-order valence-electron chi connectivity index (χ4n) is 2.21. The van der Waals surface area contributed by atoms with Gasteiger partial charge in [-0.15, -0.1) is 0 Å². The van der Waals surface area contributed by atoms with E-state index in [1.807, 2.05) is 0 Å². The number of carbonyl (C=O) groups is 1. The van der Waals surface area contributed by atoms with Gasteiger partial charge in [-0.25, -0.2) is 9.37 Å². The second kappa shape index (κ2) is 5.64. The summed E-state index contributed by atoms with van der Waals surface area (Å²) in [6.07, 6.45) is 1.33. The maximum atomic E-state index is 14.0. The Balaban J connectivity index is 2.19. The number of thiazole rings is 1. The van der Waals surface area contributed by atoms with E-state index < -0.39 is 28.6 Å². The molecule has 23 heavy (non-hydrogen) atoms. The molecular formula is C14H9ClFN3O3S. The van der Waals surface area contributed by atoms with E-state index in [4.69, 9.17) is 11.6 Å². The van der Waals surface area contributed by atoms with Gasteiger partial charge in [-0.3, -0.25) is 14.9 Å². The van der Waals surface area contributed by atoms with Gasteiger partial charge >= 0.3 is 0 Å². The summed E-state index contributed by atoms with van der Waals surface area (Å²) in [7, 11) is 1.39. The largest absolute Gasteiger partial charge is 0.506 e. The van der Waals surface area contributed by atoms with Crippen molar-refractivity contribution >= 4 is 44.9 Å².